The number of hydrogen-bond donors (Lipinski definition) is 1. The highest BCUT2D eigenvalue weighted by Gasteiger charge is 2.60. The summed E-state index contributed by atoms with van der Waals surface area (Å²) in [5, 5.41) is 0. The highest BCUT2D eigenvalue weighted by atomic mass is 16.6. The number of carbonyl (C=O) groups excluding carboxylic acids is 2. The second-order valence-electron chi connectivity index (χ2n) is 7.30. The third kappa shape index (κ3) is 2.91. The van der Waals surface area contributed by atoms with Gasteiger partial charge in [0.1, 0.15) is 11.1 Å². The van der Waals surface area contributed by atoms with Gasteiger partial charge < -0.3 is 10.5 Å². The third-order valence-electron chi connectivity index (χ3n) is 3.77. The van der Waals surface area contributed by atoms with Crippen LogP contribution in [0.2, 0.25) is 0 Å². The zero-order chi connectivity index (χ0) is 15.1. The molecule has 0 aromatic carbocycles. The number of quaternary nitrogens is 1. The molecule has 19 heavy (non-hydrogen) atoms. The van der Waals surface area contributed by atoms with Gasteiger partial charge in [0.25, 0.3) is 5.91 Å². The Balaban J connectivity index is 3.22. The Hall–Kier alpha value is -1.10. The molecule has 1 saturated heterocycles. The molecule has 0 spiro atoms. The van der Waals surface area contributed by atoms with Gasteiger partial charge in [0.15, 0.2) is 6.04 Å². The first-order valence-corrected chi connectivity index (χ1v) is 6.82. The molecular formula is C14H27N2O3+. The molecule has 2 atom stereocenters. The molecule has 0 saturated carbocycles. The smallest absolute Gasteiger partial charge is 0.414 e. The van der Waals surface area contributed by atoms with Crippen LogP contribution in [0, 0.1) is 0 Å². The molecule has 1 heterocycles. The number of nitrogens with zero attached hydrogens (tertiary/aromatic N) is 1. The van der Waals surface area contributed by atoms with E-state index in [2.05, 4.69) is 0 Å². The van der Waals surface area contributed by atoms with Crippen molar-refractivity contribution in [3.63, 3.8) is 0 Å². The first-order valence-electron chi connectivity index (χ1n) is 6.82. The van der Waals surface area contributed by atoms with E-state index in [-0.39, 0.29) is 10.6 Å². The number of hydrogen-bond acceptors (Lipinski definition) is 3. The first-order chi connectivity index (χ1) is 8.42. The Labute approximate surface area is 115 Å². The molecule has 1 aliphatic rings. The number of nitrogens with two attached hydrogens (primary N) is 1. The molecule has 0 aromatic rings. The minimum absolute atomic E-state index is 0.000394. The van der Waals surface area contributed by atoms with Crippen molar-refractivity contribution >= 4 is 12.0 Å². The highest BCUT2D eigenvalue weighted by molar-refractivity contribution is 5.81. The molecular weight excluding hydrogens is 244 g/mol. The van der Waals surface area contributed by atoms with Crippen LogP contribution in [0.1, 0.15) is 54.4 Å². The van der Waals surface area contributed by atoms with Gasteiger partial charge >= 0.3 is 6.09 Å². The SMILES string of the molecule is CC(C)(C)OC(=O)[N+]1(C(C)(C)C)CCC[C@H]1C(N)=O. The van der Waals surface area contributed by atoms with Crippen LogP contribution in [0.5, 0.6) is 0 Å². The van der Waals surface area contributed by atoms with Crippen molar-refractivity contribution < 1.29 is 18.8 Å². The van der Waals surface area contributed by atoms with Crippen LogP contribution in [-0.2, 0) is 9.53 Å². The Morgan fingerprint density at radius 2 is 1.68 bits per heavy atom. The van der Waals surface area contributed by atoms with Crippen molar-refractivity contribution in [2.45, 2.75) is 71.6 Å². The summed E-state index contributed by atoms with van der Waals surface area (Å²) >= 11 is 0. The van der Waals surface area contributed by atoms with Crippen molar-refractivity contribution in [3.05, 3.63) is 0 Å². The van der Waals surface area contributed by atoms with Crippen molar-refractivity contribution in [2.24, 2.45) is 5.73 Å². The van der Waals surface area contributed by atoms with Gasteiger partial charge in [0.2, 0.25) is 0 Å². The average Bonchev–Trinajstić information content (AvgIpc) is 2.57. The van der Waals surface area contributed by atoms with Crippen molar-refractivity contribution in [1.82, 2.24) is 0 Å². The van der Waals surface area contributed by atoms with Gasteiger partial charge in [-0.3, -0.25) is 4.79 Å². The van der Waals surface area contributed by atoms with Crippen LogP contribution in [0.3, 0.4) is 0 Å². The standard InChI is InChI=1S/C14H26N2O3/c1-13(2,3)16(12(18)19-14(4,5)6)9-7-8-10(16)11(15)17/h10H,7-9H2,1-6H3,(H-,15,17)/p+1/t10-,16?/m0/s1. The topological polar surface area (TPSA) is 69.4 Å². The Kier molecular flexibility index (Phi) is 4.01. The van der Waals surface area contributed by atoms with Gasteiger partial charge in [-0.1, -0.05) is 0 Å². The minimum atomic E-state index is -0.571. The third-order valence-corrected chi connectivity index (χ3v) is 3.77. The predicted molar refractivity (Wildman–Crippen MR) is 73.3 cm³/mol. The fraction of sp³-hybridized carbons (Fsp3) is 0.857. The molecule has 1 fully saturated rings. The lowest BCUT2D eigenvalue weighted by molar-refractivity contribution is -0.907. The van der Waals surface area contributed by atoms with Gasteiger partial charge in [-0.15, -0.1) is 0 Å². The van der Waals surface area contributed by atoms with Crippen LogP contribution >= 0.6 is 0 Å². The maximum Gasteiger partial charge on any atom is 0.517 e. The summed E-state index contributed by atoms with van der Waals surface area (Å²) in [6, 6.07) is -0.491. The maximum atomic E-state index is 12.7. The van der Waals surface area contributed by atoms with Crippen LogP contribution in [-0.4, -0.2) is 40.2 Å². The number of rotatable bonds is 1. The van der Waals surface area contributed by atoms with Crippen molar-refractivity contribution in [2.75, 3.05) is 6.54 Å². The van der Waals surface area contributed by atoms with E-state index >= 15 is 0 Å². The fourth-order valence-corrected chi connectivity index (χ4v) is 2.91. The highest BCUT2D eigenvalue weighted by Crippen LogP contribution is 2.38. The summed E-state index contributed by atoms with van der Waals surface area (Å²) in [4.78, 5) is 24.4. The van der Waals surface area contributed by atoms with Gasteiger partial charge in [0, 0.05) is 12.8 Å². The normalized spacial score (nSPS) is 28.2. The van der Waals surface area contributed by atoms with Gasteiger partial charge in [-0.05, 0) is 41.5 Å². The van der Waals surface area contributed by atoms with Gasteiger partial charge in [0.05, 0.1) is 6.54 Å². The monoisotopic (exact) mass is 271 g/mol. The maximum absolute atomic E-state index is 12.7. The van der Waals surface area contributed by atoms with Crippen LogP contribution in [0.25, 0.3) is 0 Å². The first kappa shape index (κ1) is 16.0. The second kappa shape index (κ2) is 4.78. The average molecular weight is 271 g/mol. The van der Waals surface area contributed by atoms with E-state index in [0.717, 1.165) is 6.42 Å². The summed E-state index contributed by atoms with van der Waals surface area (Å²) in [5.74, 6) is -0.418. The van der Waals surface area contributed by atoms with Crippen LogP contribution in [0.4, 0.5) is 4.79 Å². The lowest BCUT2D eigenvalue weighted by Gasteiger charge is -2.45. The quantitative estimate of drug-likeness (QED) is 0.743. The van der Waals surface area contributed by atoms with Crippen LogP contribution in [0.15, 0.2) is 0 Å². The molecule has 110 valence electrons. The fourth-order valence-electron chi connectivity index (χ4n) is 2.91. The largest absolute Gasteiger partial charge is 0.517 e. The van der Waals surface area contributed by atoms with Gasteiger partial charge in [-0.25, -0.2) is 4.48 Å². The summed E-state index contributed by atoms with van der Waals surface area (Å²) < 4.78 is 5.56. The van der Waals surface area contributed by atoms with E-state index in [1.54, 1.807) is 0 Å². The van der Waals surface area contributed by atoms with E-state index in [0.29, 0.717) is 13.0 Å². The Morgan fingerprint density at radius 3 is 2.05 bits per heavy atom. The molecule has 5 heteroatoms. The molecule has 2 amide bonds. The zero-order valence-corrected chi connectivity index (χ0v) is 12.9. The number of amides is 2. The number of carbonyl (C=O) groups is 2. The Bertz CT molecular complexity index is 379. The molecule has 2 N–H and O–H groups in total. The van der Waals surface area contributed by atoms with E-state index in [9.17, 15) is 9.59 Å². The Morgan fingerprint density at radius 1 is 1.16 bits per heavy atom. The van der Waals surface area contributed by atoms with Crippen LogP contribution < -0.4 is 5.73 Å². The number of ether oxygens (including phenoxy) is 1. The second-order valence-corrected chi connectivity index (χ2v) is 7.30. The predicted octanol–water partition coefficient (Wildman–Crippen LogP) is 2.18. The zero-order valence-electron chi connectivity index (χ0n) is 12.9. The van der Waals surface area contributed by atoms with E-state index in [4.69, 9.17) is 10.5 Å². The lowest BCUT2D eigenvalue weighted by atomic mass is 9.99. The van der Waals surface area contributed by atoms with Crippen molar-refractivity contribution in [1.29, 1.82) is 0 Å². The molecule has 0 aromatic heterocycles. The summed E-state index contributed by atoms with van der Waals surface area (Å²) in [6.45, 7) is 12.0. The number of likely N-dealkylation sites (tertiary alicyclic amines) is 1. The van der Waals surface area contributed by atoms with E-state index < -0.39 is 23.1 Å². The molecule has 0 bridgehead atoms. The molecule has 0 aliphatic carbocycles. The minimum Gasteiger partial charge on any atom is -0.414 e. The van der Waals surface area contributed by atoms with E-state index in [1.165, 1.54) is 0 Å². The molecule has 1 aliphatic heterocycles. The number of primary amides is 1. The van der Waals surface area contributed by atoms with Crippen molar-refractivity contribution in [3.8, 4) is 0 Å². The van der Waals surface area contributed by atoms with E-state index in [1.807, 2.05) is 41.5 Å². The molecule has 5 nitrogen and oxygen atoms in total. The summed E-state index contributed by atoms with van der Waals surface area (Å²) in [6.07, 6.45) is 1.11. The molecule has 1 unspecified atom stereocenters. The molecule has 1 rings (SSSR count). The summed E-state index contributed by atoms with van der Waals surface area (Å²) in [7, 11) is 0. The molecule has 0 radical (unpaired) electrons. The van der Waals surface area contributed by atoms with Gasteiger partial charge in [-0.2, -0.15) is 4.79 Å². The summed E-state index contributed by atoms with van der Waals surface area (Å²) in [5.41, 5.74) is 4.52. The lowest BCUT2D eigenvalue weighted by Crippen LogP contribution is -2.69.